The van der Waals surface area contributed by atoms with E-state index in [2.05, 4.69) is 20.2 Å². The van der Waals surface area contributed by atoms with Gasteiger partial charge in [-0.15, -0.1) is 0 Å². The summed E-state index contributed by atoms with van der Waals surface area (Å²) in [6.07, 6.45) is 1.40. The lowest BCUT2D eigenvalue weighted by molar-refractivity contribution is 0.0696. The molecule has 0 bridgehead atoms. The summed E-state index contributed by atoms with van der Waals surface area (Å²) in [7, 11) is 0. The molecule has 94 valence electrons. The van der Waals surface area contributed by atoms with Crippen molar-refractivity contribution < 1.29 is 9.90 Å². The van der Waals surface area contributed by atoms with Crippen molar-refractivity contribution in [3.05, 3.63) is 29.7 Å². The smallest absolute Gasteiger partial charge is 0.335 e. The van der Waals surface area contributed by atoms with Crippen molar-refractivity contribution in [1.29, 1.82) is 0 Å². The molecule has 2 aromatic rings. The summed E-state index contributed by atoms with van der Waals surface area (Å²) in [5.74, 6) is -0.794. The van der Waals surface area contributed by atoms with Crippen molar-refractivity contribution in [3.63, 3.8) is 0 Å². The molecule has 7 heteroatoms. The molecular weight excluding hydrogens is 252 g/mol. The largest absolute Gasteiger partial charge is 0.478 e. The Balaban J connectivity index is 2.37. The number of rotatable bonds is 4. The van der Waals surface area contributed by atoms with E-state index in [0.29, 0.717) is 10.2 Å². The number of carboxylic acids is 1. The predicted molar refractivity (Wildman–Crippen MR) is 65.8 cm³/mol. The third-order valence-corrected chi connectivity index (χ3v) is 3.06. The zero-order valence-corrected chi connectivity index (χ0v) is 10.7. The molecule has 0 fully saturated rings. The lowest BCUT2D eigenvalue weighted by Crippen LogP contribution is -2.02. The zero-order chi connectivity index (χ0) is 13.1. The summed E-state index contributed by atoms with van der Waals surface area (Å²) >= 11 is 1.25. The minimum atomic E-state index is -0.960. The van der Waals surface area contributed by atoms with E-state index < -0.39 is 5.97 Å². The molecular formula is C11H12N4O2S. The Morgan fingerprint density at radius 2 is 2.22 bits per heavy atom. The second-order valence-corrected chi connectivity index (χ2v) is 4.98. The first-order valence-corrected chi connectivity index (χ1v) is 6.16. The third-order valence-electron chi connectivity index (χ3n) is 2.25. The topological polar surface area (TPSA) is 91.8 Å². The van der Waals surface area contributed by atoms with E-state index in [1.807, 2.05) is 13.8 Å². The number of hydrogen-bond acceptors (Lipinski definition) is 5. The number of nitrogens with zero attached hydrogens (tertiary/aromatic N) is 3. The average Bonchev–Trinajstić information content (AvgIpc) is 2.81. The van der Waals surface area contributed by atoms with Gasteiger partial charge >= 0.3 is 5.97 Å². The van der Waals surface area contributed by atoms with Gasteiger partial charge in [-0.2, -0.15) is 5.10 Å². The van der Waals surface area contributed by atoms with E-state index >= 15 is 0 Å². The van der Waals surface area contributed by atoms with Gasteiger partial charge in [0.05, 0.1) is 5.56 Å². The molecule has 2 N–H and O–H groups in total. The second kappa shape index (κ2) is 5.18. The van der Waals surface area contributed by atoms with Crippen LogP contribution in [0.1, 0.15) is 35.8 Å². The summed E-state index contributed by atoms with van der Waals surface area (Å²) < 4.78 is 0. The van der Waals surface area contributed by atoms with E-state index in [9.17, 15) is 4.79 Å². The van der Waals surface area contributed by atoms with Crippen molar-refractivity contribution in [2.45, 2.75) is 29.9 Å². The molecule has 0 unspecified atom stereocenters. The lowest BCUT2D eigenvalue weighted by Gasteiger charge is -2.08. The van der Waals surface area contributed by atoms with Crippen molar-refractivity contribution in [3.8, 4) is 0 Å². The number of carbonyl (C=O) groups is 1. The molecule has 6 nitrogen and oxygen atoms in total. The van der Waals surface area contributed by atoms with E-state index in [1.54, 1.807) is 6.07 Å². The van der Waals surface area contributed by atoms with Crippen LogP contribution in [0.15, 0.2) is 28.6 Å². The van der Waals surface area contributed by atoms with Crippen molar-refractivity contribution in [1.82, 2.24) is 20.2 Å². The summed E-state index contributed by atoms with van der Waals surface area (Å²) in [5, 5.41) is 16.7. The van der Waals surface area contributed by atoms with Crippen LogP contribution in [0, 0.1) is 0 Å². The Labute approximate surface area is 108 Å². The maximum Gasteiger partial charge on any atom is 0.335 e. The Kier molecular flexibility index (Phi) is 3.61. The highest BCUT2D eigenvalue weighted by Crippen LogP contribution is 2.25. The molecule has 0 saturated heterocycles. The fraction of sp³-hybridized carbons (Fsp3) is 0.273. The van der Waals surface area contributed by atoms with E-state index in [0.717, 1.165) is 5.69 Å². The second-order valence-electron chi connectivity index (χ2n) is 3.97. The van der Waals surface area contributed by atoms with Gasteiger partial charge < -0.3 is 5.11 Å². The fourth-order valence-corrected chi connectivity index (χ4v) is 2.07. The predicted octanol–water partition coefficient (Wildman–Crippen LogP) is 2.17. The minimum Gasteiger partial charge on any atom is -0.478 e. The fourth-order valence-electron chi connectivity index (χ4n) is 1.34. The van der Waals surface area contributed by atoms with Gasteiger partial charge in [-0.1, -0.05) is 13.8 Å². The van der Waals surface area contributed by atoms with Crippen LogP contribution >= 0.6 is 11.8 Å². The van der Waals surface area contributed by atoms with Gasteiger partial charge in [-0.25, -0.2) is 14.8 Å². The van der Waals surface area contributed by atoms with Crippen LogP contribution in [0.25, 0.3) is 0 Å². The van der Waals surface area contributed by atoms with Crippen LogP contribution < -0.4 is 0 Å². The van der Waals surface area contributed by atoms with Gasteiger partial charge in [0.1, 0.15) is 11.4 Å². The number of aromatic nitrogens is 4. The number of carboxylic acid groups (broad SMARTS) is 1. The summed E-state index contributed by atoms with van der Waals surface area (Å²) in [6.45, 7) is 3.94. The highest BCUT2D eigenvalue weighted by Gasteiger charge is 2.12. The number of aromatic amines is 1. The molecule has 0 aliphatic carbocycles. The molecule has 0 spiro atoms. The summed E-state index contributed by atoms with van der Waals surface area (Å²) in [6, 6.07) is 3.12. The van der Waals surface area contributed by atoms with Crippen LogP contribution in [0.3, 0.4) is 0 Å². The Bertz CT molecular complexity index is 554. The Hall–Kier alpha value is -1.89. The number of pyridine rings is 1. The molecule has 2 rings (SSSR count). The van der Waals surface area contributed by atoms with Gasteiger partial charge in [0.25, 0.3) is 0 Å². The molecule has 0 aliphatic rings. The number of aromatic carboxylic acids is 1. The van der Waals surface area contributed by atoms with E-state index in [4.69, 9.17) is 5.11 Å². The molecule has 2 aromatic heterocycles. The Morgan fingerprint density at radius 3 is 2.78 bits per heavy atom. The molecule has 0 amide bonds. The van der Waals surface area contributed by atoms with Crippen LogP contribution in [0.2, 0.25) is 0 Å². The van der Waals surface area contributed by atoms with Crippen molar-refractivity contribution >= 4 is 17.7 Å². The van der Waals surface area contributed by atoms with E-state index in [-0.39, 0.29) is 11.5 Å². The number of hydrogen-bond donors (Lipinski definition) is 2. The maximum absolute atomic E-state index is 11.1. The molecule has 0 aliphatic heterocycles. The van der Waals surface area contributed by atoms with Crippen molar-refractivity contribution in [2.75, 3.05) is 0 Å². The number of nitrogens with one attached hydrogen (secondary N) is 1. The van der Waals surface area contributed by atoms with Gasteiger partial charge in [0.2, 0.25) is 0 Å². The lowest BCUT2D eigenvalue weighted by atomic mass is 10.1. The van der Waals surface area contributed by atoms with Gasteiger partial charge in [-0.3, -0.25) is 5.10 Å². The molecule has 0 radical (unpaired) electrons. The van der Waals surface area contributed by atoms with Gasteiger partial charge in [0, 0.05) is 5.69 Å². The normalized spacial score (nSPS) is 10.8. The first kappa shape index (κ1) is 12.6. The Morgan fingerprint density at radius 1 is 1.44 bits per heavy atom. The van der Waals surface area contributed by atoms with Crippen LogP contribution in [-0.2, 0) is 0 Å². The molecule has 2 heterocycles. The zero-order valence-electron chi connectivity index (χ0n) is 9.91. The summed E-state index contributed by atoms with van der Waals surface area (Å²) in [4.78, 5) is 19.4. The third kappa shape index (κ3) is 2.86. The average molecular weight is 264 g/mol. The van der Waals surface area contributed by atoms with Crippen LogP contribution in [-0.4, -0.2) is 31.2 Å². The maximum atomic E-state index is 11.1. The van der Waals surface area contributed by atoms with Crippen molar-refractivity contribution in [2.24, 2.45) is 0 Å². The van der Waals surface area contributed by atoms with Gasteiger partial charge in [-0.05, 0) is 29.8 Å². The first-order chi connectivity index (χ1) is 8.56. The van der Waals surface area contributed by atoms with Crippen LogP contribution in [0.4, 0.5) is 0 Å². The van der Waals surface area contributed by atoms with Gasteiger partial charge in [0.15, 0.2) is 5.16 Å². The highest BCUT2D eigenvalue weighted by atomic mass is 32.2. The highest BCUT2D eigenvalue weighted by molar-refractivity contribution is 7.99. The SMILES string of the molecule is CC(C)c1cc(C(=O)O)cc(Sc2ncn[nH]2)n1. The van der Waals surface area contributed by atoms with E-state index in [1.165, 1.54) is 24.2 Å². The summed E-state index contributed by atoms with van der Waals surface area (Å²) in [5.41, 5.74) is 0.979. The molecule has 0 saturated carbocycles. The molecule has 0 aromatic carbocycles. The minimum absolute atomic E-state index is 0.165. The van der Waals surface area contributed by atoms with Crippen LogP contribution in [0.5, 0.6) is 0 Å². The standard InChI is InChI=1S/C11H12N4O2S/c1-6(2)8-3-7(10(16)17)4-9(14-8)18-11-12-5-13-15-11/h3-6H,1-2H3,(H,16,17)(H,12,13,15). The molecule has 18 heavy (non-hydrogen) atoms. The monoisotopic (exact) mass is 264 g/mol. The first-order valence-electron chi connectivity index (χ1n) is 5.34. The molecule has 0 atom stereocenters. The quantitative estimate of drug-likeness (QED) is 0.879. The number of H-pyrrole nitrogens is 1.